The maximum absolute atomic E-state index is 10.7. The van der Waals surface area contributed by atoms with Crippen LogP contribution in [-0.2, 0) is 6.54 Å². The number of benzene rings is 1. The SMILES string of the molecule is N#CCN(Cc1ccc([N+](=O)[O-])cc1Cl)C1CCCC1. The van der Waals surface area contributed by atoms with Crippen LogP contribution in [0.15, 0.2) is 18.2 Å². The quantitative estimate of drug-likeness (QED) is 0.473. The van der Waals surface area contributed by atoms with Crippen molar-refractivity contribution in [1.29, 1.82) is 5.26 Å². The first-order chi connectivity index (χ1) is 9.61. The molecule has 1 fully saturated rings. The second-order valence-electron chi connectivity index (χ2n) is 5.03. The van der Waals surface area contributed by atoms with Crippen LogP contribution in [0, 0.1) is 21.4 Å². The Kier molecular flexibility index (Phi) is 4.94. The fourth-order valence-electron chi connectivity index (χ4n) is 2.67. The predicted molar refractivity (Wildman–Crippen MR) is 76.4 cm³/mol. The summed E-state index contributed by atoms with van der Waals surface area (Å²) in [5.41, 5.74) is 0.825. The van der Waals surface area contributed by atoms with Crippen LogP contribution in [0.2, 0.25) is 5.02 Å². The number of halogens is 1. The van der Waals surface area contributed by atoms with Crippen LogP contribution in [0.25, 0.3) is 0 Å². The summed E-state index contributed by atoms with van der Waals surface area (Å²) in [6.07, 6.45) is 4.60. The van der Waals surface area contributed by atoms with Gasteiger partial charge in [0.15, 0.2) is 0 Å². The Labute approximate surface area is 122 Å². The zero-order chi connectivity index (χ0) is 14.5. The van der Waals surface area contributed by atoms with E-state index in [1.165, 1.54) is 25.0 Å². The number of hydrogen-bond acceptors (Lipinski definition) is 4. The summed E-state index contributed by atoms with van der Waals surface area (Å²) >= 11 is 6.11. The molecule has 0 N–H and O–H groups in total. The lowest BCUT2D eigenvalue weighted by atomic mass is 10.1. The smallest absolute Gasteiger partial charge is 0.270 e. The minimum Gasteiger partial charge on any atom is -0.283 e. The normalized spacial score (nSPS) is 15.4. The monoisotopic (exact) mass is 293 g/mol. The molecular weight excluding hydrogens is 278 g/mol. The summed E-state index contributed by atoms with van der Waals surface area (Å²) < 4.78 is 0. The summed E-state index contributed by atoms with van der Waals surface area (Å²) in [7, 11) is 0. The summed E-state index contributed by atoms with van der Waals surface area (Å²) in [6.45, 7) is 0.924. The van der Waals surface area contributed by atoms with Crippen LogP contribution < -0.4 is 0 Å². The molecule has 0 unspecified atom stereocenters. The van der Waals surface area contributed by atoms with Crippen LogP contribution in [0.5, 0.6) is 0 Å². The summed E-state index contributed by atoms with van der Waals surface area (Å²) in [5, 5.41) is 20.0. The van der Waals surface area contributed by atoms with E-state index in [9.17, 15) is 10.1 Å². The molecule has 1 aromatic carbocycles. The van der Waals surface area contributed by atoms with Crippen molar-refractivity contribution < 1.29 is 4.92 Å². The average Bonchev–Trinajstić information content (AvgIpc) is 2.94. The van der Waals surface area contributed by atoms with Gasteiger partial charge in [0.1, 0.15) is 0 Å². The van der Waals surface area contributed by atoms with Crippen molar-refractivity contribution in [2.45, 2.75) is 38.3 Å². The Balaban J connectivity index is 2.14. The molecule has 5 nitrogen and oxygen atoms in total. The lowest BCUT2D eigenvalue weighted by Crippen LogP contribution is -2.33. The lowest BCUT2D eigenvalue weighted by molar-refractivity contribution is -0.384. The molecule has 2 rings (SSSR count). The van der Waals surface area contributed by atoms with Gasteiger partial charge in [0.05, 0.1) is 22.6 Å². The number of rotatable bonds is 5. The molecule has 106 valence electrons. The van der Waals surface area contributed by atoms with Crippen LogP contribution in [0.3, 0.4) is 0 Å². The van der Waals surface area contributed by atoms with Crippen LogP contribution in [0.4, 0.5) is 5.69 Å². The van der Waals surface area contributed by atoms with Crippen molar-refractivity contribution in [1.82, 2.24) is 4.90 Å². The van der Waals surface area contributed by atoms with Gasteiger partial charge in [0.2, 0.25) is 0 Å². The molecular formula is C14H16ClN3O2. The van der Waals surface area contributed by atoms with Gasteiger partial charge < -0.3 is 0 Å². The number of hydrogen-bond donors (Lipinski definition) is 0. The maximum atomic E-state index is 10.7. The minimum absolute atomic E-state index is 0.00792. The number of nitro benzene ring substituents is 1. The third kappa shape index (κ3) is 3.47. The molecule has 0 amide bonds. The highest BCUT2D eigenvalue weighted by atomic mass is 35.5. The van der Waals surface area contributed by atoms with Crippen molar-refractivity contribution in [3.05, 3.63) is 38.9 Å². The fourth-order valence-corrected chi connectivity index (χ4v) is 2.91. The molecule has 0 atom stereocenters. The van der Waals surface area contributed by atoms with E-state index in [0.29, 0.717) is 24.2 Å². The standard InChI is InChI=1S/C14H16ClN3O2/c15-14-9-13(18(19)20)6-5-11(14)10-17(8-7-16)12-3-1-2-4-12/h5-6,9,12H,1-4,8,10H2. The first-order valence-corrected chi connectivity index (χ1v) is 7.03. The Bertz CT molecular complexity index is 536. The van der Waals surface area contributed by atoms with Gasteiger partial charge in [-0.05, 0) is 24.5 Å². The highest BCUT2D eigenvalue weighted by Gasteiger charge is 2.23. The third-order valence-corrected chi connectivity index (χ3v) is 4.09. The van der Waals surface area contributed by atoms with Gasteiger partial charge in [-0.3, -0.25) is 15.0 Å². The molecule has 1 saturated carbocycles. The van der Waals surface area contributed by atoms with Crippen molar-refractivity contribution in [2.24, 2.45) is 0 Å². The summed E-state index contributed by atoms with van der Waals surface area (Å²) in [4.78, 5) is 12.3. The minimum atomic E-state index is -0.459. The zero-order valence-corrected chi connectivity index (χ0v) is 11.8. The number of non-ortho nitro benzene ring substituents is 1. The largest absolute Gasteiger partial charge is 0.283 e. The molecule has 0 aliphatic heterocycles. The molecule has 20 heavy (non-hydrogen) atoms. The molecule has 0 aromatic heterocycles. The Morgan fingerprint density at radius 1 is 1.45 bits per heavy atom. The predicted octanol–water partition coefficient (Wildman–Crippen LogP) is 3.52. The zero-order valence-electron chi connectivity index (χ0n) is 11.1. The first-order valence-electron chi connectivity index (χ1n) is 6.65. The van der Waals surface area contributed by atoms with Gasteiger partial charge >= 0.3 is 0 Å². The van der Waals surface area contributed by atoms with Gasteiger partial charge in [-0.1, -0.05) is 24.4 Å². The Morgan fingerprint density at radius 3 is 2.70 bits per heavy atom. The first kappa shape index (κ1) is 14.8. The van der Waals surface area contributed by atoms with Crippen molar-refractivity contribution >= 4 is 17.3 Å². The fraction of sp³-hybridized carbons (Fsp3) is 0.500. The van der Waals surface area contributed by atoms with Gasteiger partial charge in [-0.2, -0.15) is 5.26 Å². The molecule has 0 saturated heterocycles. The van der Waals surface area contributed by atoms with Crippen LogP contribution >= 0.6 is 11.6 Å². The van der Waals surface area contributed by atoms with Crippen LogP contribution in [0.1, 0.15) is 31.2 Å². The van der Waals surface area contributed by atoms with Gasteiger partial charge in [-0.15, -0.1) is 0 Å². The maximum Gasteiger partial charge on any atom is 0.270 e. The van der Waals surface area contributed by atoms with Crippen molar-refractivity contribution in [2.75, 3.05) is 6.54 Å². The second kappa shape index (κ2) is 6.69. The number of nitriles is 1. The molecule has 0 bridgehead atoms. The lowest BCUT2D eigenvalue weighted by Gasteiger charge is -2.26. The topological polar surface area (TPSA) is 70.2 Å². The summed E-state index contributed by atoms with van der Waals surface area (Å²) in [6, 6.07) is 7.12. The molecule has 1 aliphatic rings. The molecule has 6 heteroatoms. The molecule has 1 aliphatic carbocycles. The van der Waals surface area contributed by atoms with E-state index in [1.807, 2.05) is 0 Å². The van der Waals surface area contributed by atoms with E-state index in [4.69, 9.17) is 16.9 Å². The molecule has 0 heterocycles. The Hall–Kier alpha value is -1.64. The second-order valence-corrected chi connectivity index (χ2v) is 5.44. The number of nitrogens with zero attached hydrogens (tertiary/aromatic N) is 3. The highest BCUT2D eigenvalue weighted by Crippen LogP contribution is 2.28. The van der Waals surface area contributed by atoms with E-state index in [-0.39, 0.29) is 5.69 Å². The van der Waals surface area contributed by atoms with E-state index in [1.54, 1.807) is 6.07 Å². The highest BCUT2D eigenvalue weighted by molar-refractivity contribution is 6.31. The summed E-state index contributed by atoms with van der Waals surface area (Å²) in [5.74, 6) is 0. The number of nitro groups is 1. The van der Waals surface area contributed by atoms with Crippen LogP contribution in [-0.4, -0.2) is 22.4 Å². The third-order valence-electron chi connectivity index (χ3n) is 3.74. The Morgan fingerprint density at radius 2 is 2.15 bits per heavy atom. The average molecular weight is 294 g/mol. The van der Waals surface area contributed by atoms with E-state index in [2.05, 4.69) is 11.0 Å². The van der Waals surface area contributed by atoms with Crippen molar-refractivity contribution in [3.63, 3.8) is 0 Å². The van der Waals surface area contributed by atoms with E-state index >= 15 is 0 Å². The molecule has 1 aromatic rings. The van der Waals surface area contributed by atoms with Gasteiger partial charge in [0.25, 0.3) is 5.69 Å². The van der Waals surface area contributed by atoms with Crippen molar-refractivity contribution in [3.8, 4) is 6.07 Å². The van der Waals surface area contributed by atoms with E-state index in [0.717, 1.165) is 18.4 Å². The van der Waals surface area contributed by atoms with Gasteiger partial charge in [-0.25, -0.2) is 0 Å². The molecule has 0 radical (unpaired) electrons. The van der Waals surface area contributed by atoms with Gasteiger partial charge in [0, 0.05) is 24.7 Å². The molecule has 0 spiro atoms. The van der Waals surface area contributed by atoms with E-state index < -0.39 is 4.92 Å².